The minimum absolute atomic E-state index is 0.0150. The summed E-state index contributed by atoms with van der Waals surface area (Å²) in [6, 6.07) is 3.32. The number of carbonyl (C=O) groups is 1. The Kier molecular flexibility index (Phi) is 6.00. The van der Waals surface area contributed by atoms with E-state index in [1.54, 1.807) is 12.1 Å². The maximum Gasteiger partial charge on any atom is 0.270 e. The van der Waals surface area contributed by atoms with Crippen LogP contribution in [0.3, 0.4) is 0 Å². The number of pyridine rings is 1. The molecule has 0 spiro atoms. The zero-order chi connectivity index (χ0) is 14.3. The lowest BCUT2D eigenvalue weighted by Gasteiger charge is -2.08. The molecule has 0 fully saturated rings. The molecule has 0 saturated heterocycles. The van der Waals surface area contributed by atoms with Gasteiger partial charge in [0.1, 0.15) is 5.69 Å². The van der Waals surface area contributed by atoms with E-state index in [-0.39, 0.29) is 18.2 Å². The van der Waals surface area contributed by atoms with Gasteiger partial charge in [-0.15, -0.1) is 0 Å². The topological polar surface area (TPSA) is 82.5 Å². The fourth-order valence-electron chi connectivity index (χ4n) is 1.23. The molecule has 0 saturated carbocycles. The molecule has 0 bridgehead atoms. The Labute approximate surface area is 112 Å². The van der Waals surface area contributed by atoms with Gasteiger partial charge < -0.3 is 15.5 Å². The minimum atomic E-state index is -0.965. The van der Waals surface area contributed by atoms with E-state index in [4.69, 9.17) is 10.2 Å². The van der Waals surface area contributed by atoms with E-state index < -0.39 is 18.6 Å². The first-order valence-corrected chi connectivity index (χ1v) is 6.07. The largest absolute Gasteiger partial charge is 0.394 e. The summed E-state index contributed by atoms with van der Waals surface area (Å²) in [5.74, 6) is 5.81. The standard InChI is InChI=1S/C14H18N2O3/c1-10(2)3-4-11-5-6-15-13(7-11)14(19)16-8-12(18)9-17/h5-7,10,12,17-18H,8-9H2,1-2H3,(H,16,19). The van der Waals surface area contributed by atoms with Gasteiger partial charge in [0.15, 0.2) is 0 Å². The Hall–Kier alpha value is -1.90. The summed E-state index contributed by atoms with van der Waals surface area (Å²) < 4.78 is 0. The molecule has 1 atom stereocenters. The molecule has 1 heterocycles. The van der Waals surface area contributed by atoms with Gasteiger partial charge in [-0.05, 0) is 12.1 Å². The van der Waals surface area contributed by atoms with Crippen molar-refractivity contribution >= 4 is 5.91 Å². The Bertz CT molecular complexity index is 489. The second-order valence-electron chi connectivity index (χ2n) is 4.40. The molecule has 0 aliphatic heterocycles. The summed E-state index contributed by atoms with van der Waals surface area (Å²) in [6.45, 7) is 3.56. The molecular formula is C14H18N2O3. The molecule has 1 unspecified atom stereocenters. The number of hydrogen-bond donors (Lipinski definition) is 3. The summed E-state index contributed by atoms with van der Waals surface area (Å²) in [6.07, 6.45) is 0.551. The molecule has 0 aliphatic rings. The van der Waals surface area contributed by atoms with E-state index in [2.05, 4.69) is 22.1 Å². The van der Waals surface area contributed by atoms with Crippen LogP contribution in [-0.2, 0) is 0 Å². The van der Waals surface area contributed by atoms with Crippen LogP contribution in [0.2, 0.25) is 0 Å². The van der Waals surface area contributed by atoms with Crippen LogP contribution in [0.15, 0.2) is 18.3 Å². The van der Waals surface area contributed by atoms with Crippen LogP contribution in [0.1, 0.15) is 29.9 Å². The second kappa shape index (κ2) is 7.52. The summed E-state index contributed by atoms with van der Waals surface area (Å²) >= 11 is 0. The van der Waals surface area contributed by atoms with Gasteiger partial charge in [0.05, 0.1) is 12.7 Å². The van der Waals surface area contributed by atoms with Crippen molar-refractivity contribution in [3.63, 3.8) is 0 Å². The molecule has 1 amide bonds. The molecule has 0 radical (unpaired) electrons. The van der Waals surface area contributed by atoms with Gasteiger partial charge in [0, 0.05) is 24.2 Å². The van der Waals surface area contributed by atoms with Crippen molar-refractivity contribution in [1.82, 2.24) is 10.3 Å². The van der Waals surface area contributed by atoms with Crippen molar-refractivity contribution in [2.45, 2.75) is 20.0 Å². The number of hydrogen-bond acceptors (Lipinski definition) is 4. The van der Waals surface area contributed by atoms with Gasteiger partial charge in [-0.25, -0.2) is 0 Å². The average Bonchev–Trinajstić information content (AvgIpc) is 2.42. The summed E-state index contributed by atoms with van der Waals surface area (Å²) in [7, 11) is 0. The van der Waals surface area contributed by atoms with Crippen LogP contribution >= 0.6 is 0 Å². The van der Waals surface area contributed by atoms with Gasteiger partial charge in [-0.2, -0.15) is 0 Å². The third-order valence-electron chi connectivity index (χ3n) is 2.21. The Balaban J connectivity index is 2.71. The molecule has 3 N–H and O–H groups in total. The summed E-state index contributed by atoms with van der Waals surface area (Å²) in [5, 5.41) is 20.3. The van der Waals surface area contributed by atoms with Crippen molar-refractivity contribution in [2.24, 2.45) is 5.92 Å². The number of amides is 1. The van der Waals surface area contributed by atoms with E-state index in [0.29, 0.717) is 0 Å². The molecule has 1 aromatic rings. The van der Waals surface area contributed by atoms with Gasteiger partial charge in [-0.3, -0.25) is 9.78 Å². The molecule has 5 heteroatoms. The summed E-state index contributed by atoms with van der Waals surface area (Å²) in [4.78, 5) is 15.7. The number of carbonyl (C=O) groups excluding carboxylic acids is 1. The number of aliphatic hydroxyl groups is 2. The highest BCUT2D eigenvalue weighted by Gasteiger charge is 2.09. The van der Waals surface area contributed by atoms with Crippen molar-refractivity contribution in [3.8, 4) is 11.8 Å². The maximum atomic E-state index is 11.7. The van der Waals surface area contributed by atoms with E-state index in [1.807, 2.05) is 13.8 Å². The highest BCUT2D eigenvalue weighted by Crippen LogP contribution is 2.01. The Morgan fingerprint density at radius 1 is 1.53 bits per heavy atom. The highest BCUT2D eigenvalue weighted by atomic mass is 16.3. The lowest BCUT2D eigenvalue weighted by Crippen LogP contribution is -2.34. The summed E-state index contributed by atoms with van der Waals surface area (Å²) in [5.41, 5.74) is 0.956. The molecule has 19 heavy (non-hydrogen) atoms. The van der Waals surface area contributed by atoms with E-state index in [0.717, 1.165) is 5.56 Å². The van der Waals surface area contributed by atoms with E-state index in [9.17, 15) is 4.79 Å². The highest BCUT2D eigenvalue weighted by molar-refractivity contribution is 5.92. The molecule has 1 aromatic heterocycles. The third-order valence-corrected chi connectivity index (χ3v) is 2.21. The van der Waals surface area contributed by atoms with Gasteiger partial charge in [0.25, 0.3) is 5.91 Å². The maximum absolute atomic E-state index is 11.7. The molecule has 0 aliphatic carbocycles. The number of nitrogens with one attached hydrogen (secondary N) is 1. The zero-order valence-corrected chi connectivity index (χ0v) is 11.1. The normalized spacial score (nSPS) is 11.6. The van der Waals surface area contributed by atoms with Gasteiger partial charge in [0.2, 0.25) is 0 Å². The molecule has 5 nitrogen and oxygen atoms in total. The van der Waals surface area contributed by atoms with E-state index in [1.165, 1.54) is 6.20 Å². The predicted octanol–water partition coefficient (Wildman–Crippen LogP) is 0.172. The first-order valence-electron chi connectivity index (χ1n) is 6.07. The Morgan fingerprint density at radius 2 is 2.26 bits per heavy atom. The lowest BCUT2D eigenvalue weighted by molar-refractivity contribution is 0.0799. The number of nitrogens with zero attached hydrogens (tertiary/aromatic N) is 1. The molecule has 102 valence electrons. The first kappa shape index (κ1) is 15.2. The zero-order valence-electron chi connectivity index (χ0n) is 11.1. The van der Waals surface area contributed by atoms with Crippen molar-refractivity contribution in [3.05, 3.63) is 29.6 Å². The van der Waals surface area contributed by atoms with Crippen molar-refractivity contribution in [2.75, 3.05) is 13.2 Å². The average molecular weight is 262 g/mol. The second-order valence-corrected chi connectivity index (χ2v) is 4.40. The van der Waals surface area contributed by atoms with E-state index >= 15 is 0 Å². The van der Waals surface area contributed by atoms with Crippen LogP contribution < -0.4 is 5.32 Å². The van der Waals surface area contributed by atoms with Gasteiger partial charge in [-0.1, -0.05) is 25.7 Å². The van der Waals surface area contributed by atoms with Crippen molar-refractivity contribution < 1.29 is 15.0 Å². The van der Waals surface area contributed by atoms with Crippen LogP contribution in [0.25, 0.3) is 0 Å². The van der Waals surface area contributed by atoms with Gasteiger partial charge >= 0.3 is 0 Å². The van der Waals surface area contributed by atoms with Crippen LogP contribution in [0, 0.1) is 17.8 Å². The van der Waals surface area contributed by atoms with Crippen LogP contribution in [-0.4, -0.2) is 40.4 Å². The molecule has 0 aromatic carbocycles. The lowest BCUT2D eigenvalue weighted by atomic mass is 10.2. The fraction of sp³-hybridized carbons (Fsp3) is 0.429. The number of aromatic nitrogens is 1. The fourth-order valence-corrected chi connectivity index (χ4v) is 1.23. The first-order chi connectivity index (χ1) is 9.02. The smallest absolute Gasteiger partial charge is 0.270 e. The van der Waals surface area contributed by atoms with Crippen molar-refractivity contribution in [1.29, 1.82) is 0 Å². The van der Waals surface area contributed by atoms with Crippen LogP contribution in [0.5, 0.6) is 0 Å². The predicted molar refractivity (Wildman–Crippen MR) is 71.4 cm³/mol. The third kappa shape index (κ3) is 5.51. The van der Waals surface area contributed by atoms with Crippen LogP contribution in [0.4, 0.5) is 0 Å². The molecule has 1 rings (SSSR count). The minimum Gasteiger partial charge on any atom is -0.394 e. The SMILES string of the molecule is CC(C)C#Cc1ccnc(C(=O)NCC(O)CO)c1. The monoisotopic (exact) mass is 262 g/mol. The Morgan fingerprint density at radius 3 is 2.89 bits per heavy atom. The quantitative estimate of drug-likeness (QED) is 0.676. The number of aliphatic hydroxyl groups excluding tert-OH is 2. The number of rotatable bonds is 4. The molecular weight excluding hydrogens is 244 g/mol.